The highest BCUT2D eigenvalue weighted by Gasteiger charge is 2.30. The van der Waals surface area contributed by atoms with Crippen molar-refractivity contribution in [3.63, 3.8) is 0 Å². The minimum absolute atomic E-state index is 0.0157. The van der Waals surface area contributed by atoms with Crippen molar-refractivity contribution in [1.29, 1.82) is 0 Å². The zero-order valence-corrected chi connectivity index (χ0v) is 15.3. The van der Waals surface area contributed by atoms with Gasteiger partial charge < -0.3 is 15.1 Å². The predicted octanol–water partition coefficient (Wildman–Crippen LogP) is 3.43. The van der Waals surface area contributed by atoms with Gasteiger partial charge in [0.2, 0.25) is 0 Å². The first-order valence-electron chi connectivity index (χ1n) is 8.33. The minimum Gasteiger partial charge on any atom is -0.363 e. The standard InChI is InChI=1S/C18H24N4OS/c1-4-15-14-7-10-24-16(14)6-9-22(15)18(23)20-12-13-5-8-19-17(11-13)21(2)3/h5,7-8,10-11,15H,4,6,9,12H2,1-3H3,(H,20,23). The third-order valence-electron chi connectivity index (χ3n) is 4.45. The van der Waals surface area contributed by atoms with Gasteiger partial charge in [-0.3, -0.25) is 0 Å². The molecule has 5 nitrogen and oxygen atoms in total. The third-order valence-corrected chi connectivity index (χ3v) is 5.45. The number of rotatable bonds is 4. The molecule has 6 heteroatoms. The number of fused-ring (bicyclic) bond motifs is 1. The first kappa shape index (κ1) is 16.8. The van der Waals surface area contributed by atoms with E-state index in [0.717, 1.165) is 30.8 Å². The largest absolute Gasteiger partial charge is 0.363 e. The summed E-state index contributed by atoms with van der Waals surface area (Å²) in [6.45, 7) is 3.45. The molecule has 3 heterocycles. The van der Waals surface area contributed by atoms with Crippen LogP contribution in [0.1, 0.15) is 35.4 Å². The third kappa shape index (κ3) is 3.38. The van der Waals surface area contributed by atoms with Crippen molar-refractivity contribution in [2.24, 2.45) is 0 Å². The number of carbonyl (C=O) groups excluding carboxylic acids is 1. The van der Waals surface area contributed by atoms with Crippen LogP contribution in [0.4, 0.5) is 10.6 Å². The van der Waals surface area contributed by atoms with Crippen LogP contribution >= 0.6 is 11.3 Å². The Labute approximate surface area is 147 Å². The number of carbonyl (C=O) groups is 1. The zero-order valence-electron chi connectivity index (χ0n) is 14.5. The molecule has 1 unspecified atom stereocenters. The molecule has 2 aromatic rings. The highest BCUT2D eigenvalue weighted by Crippen LogP contribution is 2.35. The minimum atomic E-state index is 0.0157. The first-order chi connectivity index (χ1) is 11.6. The van der Waals surface area contributed by atoms with Crippen LogP contribution in [0.25, 0.3) is 0 Å². The van der Waals surface area contributed by atoms with Crippen LogP contribution in [0, 0.1) is 0 Å². The van der Waals surface area contributed by atoms with Gasteiger partial charge in [0.1, 0.15) is 5.82 Å². The number of aromatic nitrogens is 1. The predicted molar refractivity (Wildman–Crippen MR) is 98.6 cm³/mol. The summed E-state index contributed by atoms with van der Waals surface area (Å²) in [5.74, 6) is 0.897. The van der Waals surface area contributed by atoms with Gasteiger partial charge in [0.25, 0.3) is 0 Å². The van der Waals surface area contributed by atoms with Gasteiger partial charge in [-0.25, -0.2) is 9.78 Å². The van der Waals surface area contributed by atoms with Gasteiger partial charge in [0.05, 0.1) is 6.04 Å². The Morgan fingerprint density at radius 2 is 2.29 bits per heavy atom. The van der Waals surface area contributed by atoms with Crippen molar-refractivity contribution in [2.75, 3.05) is 25.5 Å². The molecule has 0 aromatic carbocycles. The Kier molecular flexibility index (Phi) is 5.04. The molecule has 0 saturated carbocycles. The molecule has 0 radical (unpaired) electrons. The van der Waals surface area contributed by atoms with Gasteiger partial charge in [-0.05, 0) is 47.5 Å². The van der Waals surface area contributed by atoms with Gasteiger partial charge in [-0.15, -0.1) is 11.3 Å². The SMILES string of the molecule is CCC1c2ccsc2CCN1C(=O)NCc1ccnc(N(C)C)c1. The summed E-state index contributed by atoms with van der Waals surface area (Å²) in [5, 5.41) is 5.20. The number of hydrogen-bond acceptors (Lipinski definition) is 4. The molecule has 3 rings (SSSR count). The van der Waals surface area contributed by atoms with Crippen LogP contribution in [0.15, 0.2) is 29.8 Å². The van der Waals surface area contributed by atoms with Gasteiger partial charge >= 0.3 is 6.03 Å². The van der Waals surface area contributed by atoms with Gasteiger partial charge in [0, 0.05) is 38.3 Å². The quantitative estimate of drug-likeness (QED) is 0.924. The average Bonchev–Trinajstić information content (AvgIpc) is 3.07. The smallest absolute Gasteiger partial charge is 0.318 e. The van der Waals surface area contributed by atoms with E-state index in [1.165, 1.54) is 10.4 Å². The molecule has 2 amide bonds. The molecule has 1 aliphatic rings. The molecule has 128 valence electrons. The fraction of sp³-hybridized carbons (Fsp3) is 0.444. The zero-order chi connectivity index (χ0) is 17.1. The highest BCUT2D eigenvalue weighted by atomic mass is 32.1. The lowest BCUT2D eigenvalue weighted by atomic mass is 9.98. The fourth-order valence-corrected chi connectivity index (χ4v) is 4.10. The van der Waals surface area contributed by atoms with Crippen molar-refractivity contribution in [2.45, 2.75) is 32.4 Å². The highest BCUT2D eigenvalue weighted by molar-refractivity contribution is 7.10. The molecule has 1 atom stereocenters. The maximum absolute atomic E-state index is 12.7. The van der Waals surface area contributed by atoms with Crippen LogP contribution in [-0.2, 0) is 13.0 Å². The fourth-order valence-electron chi connectivity index (χ4n) is 3.17. The number of hydrogen-bond donors (Lipinski definition) is 1. The van der Waals surface area contributed by atoms with E-state index in [1.54, 1.807) is 17.5 Å². The second-order valence-corrected chi connectivity index (χ2v) is 7.24. The summed E-state index contributed by atoms with van der Waals surface area (Å²) in [4.78, 5) is 22.3. The summed E-state index contributed by atoms with van der Waals surface area (Å²) in [7, 11) is 3.92. The van der Waals surface area contributed by atoms with Crippen molar-refractivity contribution >= 4 is 23.2 Å². The number of thiophene rings is 1. The lowest BCUT2D eigenvalue weighted by molar-refractivity contribution is 0.167. The summed E-state index contributed by atoms with van der Waals surface area (Å²) in [5.41, 5.74) is 2.38. The van der Waals surface area contributed by atoms with E-state index in [4.69, 9.17) is 0 Å². The van der Waals surface area contributed by atoms with Crippen LogP contribution in [0.5, 0.6) is 0 Å². The van der Waals surface area contributed by atoms with Crippen LogP contribution in [-0.4, -0.2) is 36.6 Å². The molecular weight excluding hydrogens is 320 g/mol. The molecule has 24 heavy (non-hydrogen) atoms. The van der Waals surface area contributed by atoms with Gasteiger partial charge in [0.15, 0.2) is 0 Å². The van der Waals surface area contributed by atoms with Crippen molar-refractivity contribution < 1.29 is 4.79 Å². The van der Waals surface area contributed by atoms with E-state index in [9.17, 15) is 4.79 Å². The first-order valence-corrected chi connectivity index (χ1v) is 9.21. The molecule has 0 spiro atoms. The van der Waals surface area contributed by atoms with E-state index in [-0.39, 0.29) is 12.1 Å². The topological polar surface area (TPSA) is 48.5 Å². The van der Waals surface area contributed by atoms with Crippen LogP contribution < -0.4 is 10.2 Å². The van der Waals surface area contributed by atoms with Crippen molar-refractivity contribution in [3.05, 3.63) is 45.8 Å². The molecule has 2 aromatic heterocycles. The molecule has 1 N–H and O–H groups in total. The van der Waals surface area contributed by atoms with E-state index in [0.29, 0.717) is 6.54 Å². The van der Waals surface area contributed by atoms with E-state index in [2.05, 4.69) is 28.7 Å². The second kappa shape index (κ2) is 7.21. The lowest BCUT2D eigenvalue weighted by Crippen LogP contribution is -2.44. The van der Waals surface area contributed by atoms with Crippen molar-refractivity contribution in [3.8, 4) is 0 Å². The average molecular weight is 344 g/mol. The van der Waals surface area contributed by atoms with Crippen LogP contribution in [0.3, 0.4) is 0 Å². The van der Waals surface area contributed by atoms with E-state index >= 15 is 0 Å². The number of nitrogens with zero attached hydrogens (tertiary/aromatic N) is 3. The molecule has 0 aliphatic carbocycles. The Hall–Kier alpha value is -2.08. The lowest BCUT2D eigenvalue weighted by Gasteiger charge is -2.35. The summed E-state index contributed by atoms with van der Waals surface area (Å²) in [6.07, 6.45) is 3.68. The summed E-state index contributed by atoms with van der Waals surface area (Å²) < 4.78 is 0. The monoisotopic (exact) mass is 344 g/mol. The number of pyridine rings is 1. The number of urea groups is 1. The molecular formula is C18H24N4OS. The number of anilines is 1. The molecule has 0 fully saturated rings. The second-order valence-electron chi connectivity index (χ2n) is 6.24. The van der Waals surface area contributed by atoms with Gasteiger partial charge in [-0.1, -0.05) is 6.92 Å². The number of nitrogens with one attached hydrogen (secondary N) is 1. The Bertz CT molecular complexity index is 713. The Balaban J connectivity index is 1.66. The maximum Gasteiger partial charge on any atom is 0.318 e. The van der Waals surface area contributed by atoms with Crippen LogP contribution in [0.2, 0.25) is 0 Å². The summed E-state index contributed by atoms with van der Waals surface area (Å²) in [6, 6.07) is 6.32. The van der Waals surface area contributed by atoms with E-state index in [1.807, 2.05) is 36.0 Å². The Morgan fingerprint density at radius 3 is 3.04 bits per heavy atom. The number of amides is 2. The molecule has 0 saturated heterocycles. The van der Waals surface area contributed by atoms with E-state index < -0.39 is 0 Å². The molecule has 0 bridgehead atoms. The van der Waals surface area contributed by atoms with Crippen molar-refractivity contribution in [1.82, 2.24) is 15.2 Å². The Morgan fingerprint density at radius 1 is 1.46 bits per heavy atom. The van der Waals surface area contributed by atoms with Gasteiger partial charge in [-0.2, -0.15) is 0 Å². The maximum atomic E-state index is 12.7. The normalized spacial score (nSPS) is 16.6. The summed E-state index contributed by atoms with van der Waals surface area (Å²) >= 11 is 1.80. The molecule has 1 aliphatic heterocycles.